The van der Waals surface area contributed by atoms with E-state index in [4.69, 9.17) is 0 Å². The molecule has 0 atom stereocenters. The molecule has 0 fully saturated rings. The first-order chi connectivity index (χ1) is 15.7. The van der Waals surface area contributed by atoms with Crippen molar-refractivity contribution in [1.29, 1.82) is 0 Å². The van der Waals surface area contributed by atoms with E-state index in [-0.39, 0.29) is 22.7 Å². The van der Waals surface area contributed by atoms with Crippen LogP contribution < -0.4 is 0 Å². The predicted octanol–water partition coefficient (Wildman–Crippen LogP) is 7.87. The van der Waals surface area contributed by atoms with E-state index in [0.29, 0.717) is 11.1 Å². The molecule has 0 amide bonds. The van der Waals surface area contributed by atoms with Crippen molar-refractivity contribution in [2.45, 2.75) is 104 Å². The van der Waals surface area contributed by atoms with Gasteiger partial charge in [-0.1, -0.05) is 126 Å². The second-order valence-electron chi connectivity index (χ2n) is 8.59. The van der Waals surface area contributed by atoms with Crippen molar-refractivity contribution in [3.05, 3.63) is 46.5 Å². The first-order valence-electron chi connectivity index (χ1n) is 12.6. The summed E-state index contributed by atoms with van der Waals surface area (Å²) in [6, 6.07) is 7.01. The molecule has 170 valence electrons. The lowest BCUT2D eigenvalue weighted by Gasteiger charge is -2.14. The number of hydrogen-bond donors (Lipinski definition) is 0. The zero-order chi connectivity index (χ0) is 23.0. The van der Waals surface area contributed by atoms with Crippen LogP contribution >= 0.6 is 0 Å². The molecule has 1 aromatic carbocycles. The fourth-order valence-corrected chi connectivity index (χ4v) is 3.90. The molecule has 1 aromatic rings. The van der Waals surface area contributed by atoms with Crippen molar-refractivity contribution in [3.8, 4) is 23.7 Å². The minimum Gasteiger partial charge on any atom is -0.288 e. The lowest BCUT2D eigenvalue weighted by Crippen LogP contribution is -2.20. The number of Topliss-reactive ketones (excluding diaryl/α,β-unsaturated/α-hetero) is 2. The molecule has 0 saturated heterocycles. The van der Waals surface area contributed by atoms with E-state index in [9.17, 15) is 9.59 Å². The number of benzene rings is 1. The van der Waals surface area contributed by atoms with Crippen LogP contribution in [0, 0.1) is 23.7 Å². The molecule has 2 rings (SSSR count). The number of rotatable bonds is 12. The maximum atomic E-state index is 13.1. The second kappa shape index (κ2) is 15.3. The Hall–Kier alpha value is -2.58. The fourth-order valence-electron chi connectivity index (χ4n) is 3.90. The average Bonchev–Trinajstić information content (AvgIpc) is 2.81. The Morgan fingerprint density at radius 3 is 1.34 bits per heavy atom. The number of carbonyl (C=O) groups excluding carboxylic acids is 2. The molecule has 2 heteroatoms. The first-order valence-corrected chi connectivity index (χ1v) is 12.6. The highest BCUT2D eigenvalue weighted by molar-refractivity contribution is 6.30. The molecule has 1 aliphatic rings. The minimum absolute atomic E-state index is 0.167. The van der Waals surface area contributed by atoms with Gasteiger partial charge in [-0.05, 0) is 12.8 Å². The van der Waals surface area contributed by atoms with Crippen LogP contribution in [0.15, 0.2) is 35.4 Å². The lowest BCUT2D eigenvalue weighted by molar-refractivity contribution is 0.0982. The highest BCUT2D eigenvalue weighted by Gasteiger charge is 2.30. The molecule has 2 nitrogen and oxygen atoms in total. The van der Waals surface area contributed by atoms with Gasteiger partial charge in [-0.25, -0.2) is 0 Å². The smallest absolute Gasteiger partial charge is 0.203 e. The third-order valence-electron chi connectivity index (χ3n) is 5.86. The van der Waals surface area contributed by atoms with E-state index < -0.39 is 0 Å². The standard InChI is InChI=1S/C30H38O2/c1-3-5-7-9-11-13-15-17-21-25-26(22-18-16-14-12-10-8-6-4-2)30(32)28-24-20-19-23-27(28)29(25)31/h19-20,23-24H,3-16H2,1-2H3. The van der Waals surface area contributed by atoms with Crippen LogP contribution in [0.4, 0.5) is 0 Å². The Morgan fingerprint density at radius 2 is 0.938 bits per heavy atom. The topological polar surface area (TPSA) is 34.1 Å². The van der Waals surface area contributed by atoms with Crippen LogP contribution in [-0.4, -0.2) is 11.6 Å². The highest BCUT2D eigenvalue weighted by Crippen LogP contribution is 2.26. The van der Waals surface area contributed by atoms with Crippen LogP contribution in [0.3, 0.4) is 0 Å². The van der Waals surface area contributed by atoms with Gasteiger partial charge in [-0.3, -0.25) is 9.59 Å². The van der Waals surface area contributed by atoms with Crippen LogP contribution in [0.2, 0.25) is 0 Å². The summed E-state index contributed by atoms with van der Waals surface area (Å²) >= 11 is 0. The molecule has 0 spiro atoms. The van der Waals surface area contributed by atoms with Gasteiger partial charge in [0.15, 0.2) is 0 Å². The van der Waals surface area contributed by atoms with Gasteiger partial charge in [0, 0.05) is 24.0 Å². The maximum Gasteiger partial charge on any atom is 0.203 e. The first kappa shape index (κ1) is 25.7. The molecule has 1 aliphatic carbocycles. The number of allylic oxidation sites excluding steroid dienone is 2. The maximum absolute atomic E-state index is 13.1. The normalized spacial score (nSPS) is 12.7. The van der Waals surface area contributed by atoms with E-state index in [1.165, 1.54) is 51.4 Å². The van der Waals surface area contributed by atoms with Gasteiger partial charge in [-0.2, -0.15) is 0 Å². The Labute approximate surface area is 195 Å². The fraction of sp³-hybridized carbons (Fsp3) is 0.533. The predicted molar refractivity (Wildman–Crippen MR) is 134 cm³/mol. The van der Waals surface area contributed by atoms with Gasteiger partial charge in [0.1, 0.15) is 0 Å². The number of carbonyl (C=O) groups is 2. The summed E-state index contributed by atoms with van der Waals surface area (Å²) in [4.78, 5) is 26.1. The molecule has 0 heterocycles. The molecular weight excluding hydrogens is 392 g/mol. The van der Waals surface area contributed by atoms with Crippen molar-refractivity contribution >= 4 is 11.6 Å². The Balaban J connectivity index is 2.06. The van der Waals surface area contributed by atoms with E-state index in [2.05, 4.69) is 37.5 Å². The summed E-state index contributed by atoms with van der Waals surface area (Å²) < 4.78 is 0. The van der Waals surface area contributed by atoms with Crippen molar-refractivity contribution in [1.82, 2.24) is 0 Å². The van der Waals surface area contributed by atoms with Crippen molar-refractivity contribution < 1.29 is 9.59 Å². The molecule has 0 bridgehead atoms. The molecule has 0 aliphatic heterocycles. The summed E-state index contributed by atoms with van der Waals surface area (Å²) in [6.07, 6.45) is 16.0. The number of unbranched alkanes of at least 4 members (excludes halogenated alkanes) is 12. The molecule has 0 aromatic heterocycles. The third kappa shape index (κ3) is 8.16. The van der Waals surface area contributed by atoms with Crippen LogP contribution in [0.25, 0.3) is 0 Å². The van der Waals surface area contributed by atoms with E-state index >= 15 is 0 Å². The van der Waals surface area contributed by atoms with Crippen LogP contribution in [-0.2, 0) is 0 Å². The van der Waals surface area contributed by atoms with Gasteiger partial charge in [-0.15, -0.1) is 0 Å². The second-order valence-corrected chi connectivity index (χ2v) is 8.59. The molecule has 32 heavy (non-hydrogen) atoms. The van der Waals surface area contributed by atoms with Gasteiger partial charge in [0.25, 0.3) is 0 Å². The zero-order valence-electron chi connectivity index (χ0n) is 20.0. The molecule has 0 saturated carbocycles. The number of fused-ring (bicyclic) bond motifs is 1. The van der Waals surface area contributed by atoms with Gasteiger partial charge >= 0.3 is 0 Å². The molecule has 0 radical (unpaired) electrons. The summed E-state index contributed by atoms with van der Waals surface area (Å²) in [5.41, 5.74) is 1.47. The Morgan fingerprint density at radius 1 is 0.562 bits per heavy atom. The number of ketones is 2. The molecular formula is C30H38O2. The third-order valence-corrected chi connectivity index (χ3v) is 5.86. The Kier molecular flexibility index (Phi) is 12.2. The zero-order valence-corrected chi connectivity index (χ0v) is 20.0. The SMILES string of the molecule is CCCCCCCCC#CC1=C(C#CCCCCCCCC)C(=O)c2ccccc2C1=O. The van der Waals surface area contributed by atoms with E-state index in [1.54, 1.807) is 24.3 Å². The quantitative estimate of drug-likeness (QED) is 0.250. The van der Waals surface area contributed by atoms with Gasteiger partial charge < -0.3 is 0 Å². The molecule has 0 unspecified atom stereocenters. The van der Waals surface area contributed by atoms with E-state index in [1.807, 2.05) is 0 Å². The van der Waals surface area contributed by atoms with Crippen LogP contribution in [0.1, 0.15) is 124 Å². The van der Waals surface area contributed by atoms with Crippen LogP contribution in [0.5, 0.6) is 0 Å². The minimum atomic E-state index is -0.167. The van der Waals surface area contributed by atoms with E-state index in [0.717, 1.165) is 38.5 Å². The molecule has 0 N–H and O–H groups in total. The van der Waals surface area contributed by atoms with Crippen molar-refractivity contribution in [2.75, 3.05) is 0 Å². The highest BCUT2D eigenvalue weighted by atomic mass is 16.1. The lowest BCUT2D eigenvalue weighted by atomic mass is 9.84. The average molecular weight is 431 g/mol. The van der Waals surface area contributed by atoms with Gasteiger partial charge in [0.05, 0.1) is 11.1 Å². The largest absolute Gasteiger partial charge is 0.288 e. The summed E-state index contributed by atoms with van der Waals surface area (Å²) in [5.74, 6) is 12.0. The van der Waals surface area contributed by atoms with Crippen molar-refractivity contribution in [3.63, 3.8) is 0 Å². The Bertz CT molecular complexity index is 836. The monoisotopic (exact) mass is 430 g/mol. The summed E-state index contributed by atoms with van der Waals surface area (Å²) in [7, 11) is 0. The number of hydrogen-bond acceptors (Lipinski definition) is 2. The summed E-state index contributed by atoms with van der Waals surface area (Å²) in [6.45, 7) is 4.43. The summed E-state index contributed by atoms with van der Waals surface area (Å²) in [5, 5.41) is 0. The van der Waals surface area contributed by atoms with Gasteiger partial charge in [0.2, 0.25) is 11.6 Å². The van der Waals surface area contributed by atoms with Crippen molar-refractivity contribution in [2.24, 2.45) is 0 Å².